The predicted molar refractivity (Wildman–Crippen MR) is 59.7 cm³/mol. The Bertz CT molecular complexity index is 365. The van der Waals surface area contributed by atoms with Crippen molar-refractivity contribution in [3.8, 4) is 0 Å². The van der Waals surface area contributed by atoms with Crippen molar-refractivity contribution >= 4 is 11.6 Å². The van der Waals surface area contributed by atoms with Crippen molar-refractivity contribution in [1.82, 2.24) is 0 Å². The molecule has 0 aromatic heterocycles. The van der Waals surface area contributed by atoms with E-state index >= 15 is 0 Å². The molecule has 0 aliphatic carbocycles. The fourth-order valence-corrected chi connectivity index (χ4v) is 1.94. The lowest BCUT2D eigenvalue weighted by atomic mass is 9.96. The molecule has 0 saturated heterocycles. The van der Waals surface area contributed by atoms with Crippen LogP contribution in [0.3, 0.4) is 0 Å². The molecular weight excluding hydrogens is 236 g/mol. The Hall–Kier alpha value is -0.710. The fourth-order valence-electron chi connectivity index (χ4n) is 1.60. The Morgan fingerprint density at radius 1 is 1.50 bits per heavy atom. The van der Waals surface area contributed by atoms with E-state index in [0.717, 1.165) is 6.92 Å². The van der Waals surface area contributed by atoms with E-state index in [1.165, 1.54) is 18.2 Å². The van der Waals surface area contributed by atoms with Gasteiger partial charge in [0.05, 0.1) is 11.1 Å². The van der Waals surface area contributed by atoms with Crippen LogP contribution in [0.4, 0.5) is 8.78 Å². The van der Waals surface area contributed by atoms with Gasteiger partial charge < -0.3 is 10.8 Å². The van der Waals surface area contributed by atoms with Crippen LogP contribution >= 0.6 is 11.6 Å². The van der Waals surface area contributed by atoms with E-state index in [9.17, 15) is 13.9 Å². The molecule has 0 bridgehead atoms. The highest BCUT2D eigenvalue weighted by atomic mass is 35.5. The summed E-state index contributed by atoms with van der Waals surface area (Å²) in [5.74, 6) is -3.08. The summed E-state index contributed by atoms with van der Waals surface area (Å²) in [6.45, 7) is 0.981. The molecule has 0 fully saturated rings. The first-order chi connectivity index (χ1) is 7.38. The molecule has 2 nitrogen and oxygen atoms in total. The first-order valence-electron chi connectivity index (χ1n) is 4.92. The normalized spacial score (nSPS) is 13.9. The lowest BCUT2D eigenvalue weighted by molar-refractivity contribution is 0.0136. The summed E-state index contributed by atoms with van der Waals surface area (Å²) in [5, 5.41) is 9.68. The lowest BCUT2D eigenvalue weighted by Crippen LogP contribution is -2.16. The van der Waals surface area contributed by atoms with Crippen LogP contribution in [0.25, 0.3) is 0 Å². The van der Waals surface area contributed by atoms with Crippen LogP contribution in [0, 0.1) is 0 Å². The Morgan fingerprint density at radius 3 is 2.62 bits per heavy atom. The van der Waals surface area contributed by atoms with Crippen LogP contribution in [0.1, 0.15) is 30.6 Å². The summed E-state index contributed by atoms with van der Waals surface area (Å²) in [6, 6.07) is 4.36. The van der Waals surface area contributed by atoms with Crippen LogP contribution in [0.2, 0.25) is 5.02 Å². The summed E-state index contributed by atoms with van der Waals surface area (Å²) < 4.78 is 26.7. The Balaban J connectivity index is 3.23. The number of benzene rings is 1. The minimum Gasteiger partial charge on any atom is -0.388 e. The molecule has 1 rings (SSSR count). The van der Waals surface area contributed by atoms with E-state index in [-0.39, 0.29) is 29.1 Å². The molecule has 0 radical (unpaired) electrons. The number of nitrogens with two attached hydrogens (primary N) is 1. The summed E-state index contributed by atoms with van der Waals surface area (Å²) in [5.41, 5.74) is 5.11. The molecule has 16 heavy (non-hydrogen) atoms. The van der Waals surface area contributed by atoms with Gasteiger partial charge in [0.2, 0.25) is 0 Å². The number of hydrogen-bond acceptors (Lipinski definition) is 2. The molecule has 0 saturated carbocycles. The van der Waals surface area contributed by atoms with Crippen molar-refractivity contribution in [3.05, 3.63) is 34.3 Å². The first-order valence-corrected chi connectivity index (χ1v) is 5.30. The van der Waals surface area contributed by atoms with E-state index in [4.69, 9.17) is 17.3 Å². The van der Waals surface area contributed by atoms with E-state index in [1.807, 2.05) is 0 Å². The van der Waals surface area contributed by atoms with E-state index in [2.05, 4.69) is 0 Å². The highest BCUT2D eigenvalue weighted by Crippen LogP contribution is 2.38. The van der Waals surface area contributed by atoms with Crippen molar-refractivity contribution in [2.75, 3.05) is 6.54 Å². The van der Waals surface area contributed by atoms with Crippen molar-refractivity contribution in [3.63, 3.8) is 0 Å². The zero-order chi connectivity index (χ0) is 12.3. The average Bonchev–Trinajstić information content (AvgIpc) is 2.15. The van der Waals surface area contributed by atoms with Crippen LogP contribution in [0.5, 0.6) is 0 Å². The zero-order valence-electron chi connectivity index (χ0n) is 8.88. The quantitative estimate of drug-likeness (QED) is 0.862. The van der Waals surface area contributed by atoms with Crippen LogP contribution < -0.4 is 5.73 Å². The summed E-state index contributed by atoms with van der Waals surface area (Å²) in [6.07, 6.45) is -0.784. The molecule has 0 amide bonds. The van der Waals surface area contributed by atoms with Gasteiger partial charge >= 0.3 is 0 Å². The highest BCUT2D eigenvalue weighted by molar-refractivity contribution is 6.31. The van der Waals surface area contributed by atoms with Crippen LogP contribution in [-0.4, -0.2) is 11.7 Å². The molecule has 5 heteroatoms. The van der Waals surface area contributed by atoms with E-state index in [0.29, 0.717) is 0 Å². The summed E-state index contributed by atoms with van der Waals surface area (Å²) >= 11 is 5.74. The Kier molecular flexibility index (Phi) is 4.24. The molecule has 1 aromatic carbocycles. The third-order valence-corrected chi connectivity index (χ3v) is 2.60. The monoisotopic (exact) mass is 249 g/mol. The smallest absolute Gasteiger partial charge is 0.272 e. The number of rotatable bonds is 4. The number of halogens is 3. The summed E-state index contributed by atoms with van der Waals surface area (Å²) in [7, 11) is 0. The van der Waals surface area contributed by atoms with Gasteiger partial charge in [-0.05, 0) is 24.6 Å². The van der Waals surface area contributed by atoms with Crippen LogP contribution in [-0.2, 0) is 5.92 Å². The standard InChI is InChI=1S/C11H14ClF2NO/c1-11(13,14)10-7(9(16)5-6-15)3-2-4-8(10)12/h2-4,9,16H,5-6,15H2,1H3. The molecule has 0 spiro atoms. The maximum Gasteiger partial charge on any atom is 0.272 e. The minimum atomic E-state index is -3.08. The van der Waals surface area contributed by atoms with Gasteiger partial charge in [-0.15, -0.1) is 0 Å². The van der Waals surface area contributed by atoms with Gasteiger partial charge in [0.1, 0.15) is 0 Å². The number of aliphatic hydroxyl groups is 1. The largest absolute Gasteiger partial charge is 0.388 e. The Labute approximate surface area is 98.0 Å². The van der Waals surface area contributed by atoms with Gasteiger partial charge in [0, 0.05) is 12.5 Å². The zero-order valence-corrected chi connectivity index (χ0v) is 9.64. The fraction of sp³-hybridized carbons (Fsp3) is 0.455. The molecule has 90 valence electrons. The molecule has 0 aliphatic rings. The number of alkyl halides is 2. The molecule has 1 atom stereocenters. The summed E-state index contributed by atoms with van der Waals surface area (Å²) in [4.78, 5) is 0. The van der Waals surface area contributed by atoms with Crippen molar-refractivity contribution in [2.24, 2.45) is 5.73 Å². The molecule has 3 N–H and O–H groups in total. The van der Waals surface area contributed by atoms with Crippen LogP contribution in [0.15, 0.2) is 18.2 Å². The molecule has 1 aromatic rings. The predicted octanol–water partition coefficient (Wildman–Crippen LogP) is 2.83. The second kappa shape index (κ2) is 5.08. The molecule has 0 aliphatic heterocycles. The third-order valence-electron chi connectivity index (χ3n) is 2.28. The Morgan fingerprint density at radius 2 is 2.12 bits per heavy atom. The minimum absolute atomic E-state index is 0.0407. The van der Waals surface area contributed by atoms with Gasteiger partial charge in [-0.3, -0.25) is 0 Å². The average molecular weight is 250 g/mol. The molecule has 1 unspecified atom stereocenters. The third kappa shape index (κ3) is 2.90. The van der Waals surface area contributed by atoms with Gasteiger partial charge in [0.15, 0.2) is 0 Å². The maximum atomic E-state index is 13.3. The second-order valence-electron chi connectivity index (χ2n) is 3.69. The van der Waals surface area contributed by atoms with E-state index in [1.54, 1.807) is 0 Å². The van der Waals surface area contributed by atoms with Gasteiger partial charge in [-0.25, -0.2) is 8.78 Å². The second-order valence-corrected chi connectivity index (χ2v) is 4.09. The lowest BCUT2D eigenvalue weighted by Gasteiger charge is -2.20. The topological polar surface area (TPSA) is 46.2 Å². The molecular formula is C11H14ClF2NO. The maximum absolute atomic E-state index is 13.3. The van der Waals surface area contributed by atoms with Crippen molar-refractivity contribution < 1.29 is 13.9 Å². The number of aliphatic hydroxyl groups excluding tert-OH is 1. The van der Waals surface area contributed by atoms with E-state index < -0.39 is 12.0 Å². The SMILES string of the molecule is CC(F)(F)c1c(Cl)cccc1C(O)CCN. The number of hydrogen-bond donors (Lipinski definition) is 2. The highest BCUT2D eigenvalue weighted by Gasteiger charge is 2.32. The van der Waals surface area contributed by atoms with Crippen molar-refractivity contribution in [1.29, 1.82) is 0 Å². The van der Waals surface area contributed by atoms with Crippen molar-refractivity contribution in [2.45, 2.75) is 25.4 Å². The molecule has 0 heterocycles. The van der Waals surface area contributed by atoms with Gasteiger partial charge in [0.25, 0.3) is 5.92 Å². The first kappa shape index (κ1) is 13.4. The van der Waals surface area contributed by atoms with Gasteiger partial charge in [-0.1, -0.05) is 23.7 Å². The van der Waals surface area contributed by atoms with Gasteiger partial charge in [-0.2, -0.15) is 0 Å².